The Balaban J connectivity index is 2.43. The van der Waals surface area contributed by atoms with E-state index in [1.165, 1.54) is 0 Å². The minimum Gasteiger partial charge on any atom is -0.271 e. The molecule has 0 radical (unpaired) electrons. The molecule has 0 aliphatic rings. The summed E-state index contributed by atoms with van der Waals surface area (Å²) in [5.74, 6) is 5.59. The van der Waals surface area contributed by atoms with E-state index in [4.69, 9.17) is 29.0 Å². The van der Waals surface area contributed by atoms with Gasteiger partial charge in [-0.15, -0.1) is 0 Å². The van der Waals surface area contributed by atoms with E-state index in [-0.39, 0.29) is 6.04 Å². The zero-order chi connectivity index (χ0) is 12.4. The Morgan fingerprint density at radius 3 is 2.41 bits per heavy atom. The molecule has 0 bridgehead atoms. The van der Waals surface area contributed by atoms with Crippen LogP contribution in [0.25, 0.3) is 0 Å². The van der Waals surface area contributed by atoms with Crippen LogP contribution in [0, 0.1) is 0 Å². The third-order valence-electron chi connectivity index (χ3n) is 2.58. The van der Waals surface area contributed by atoms with Gasteiger partial charge in [0.1, 0.15) is 0 Å². The van der Waals surface area contributed by atoms with E-state index in [9.17, 15) is 0 Å². The van der Waals surface area contributed by atoms with Crippen molar-refractivity contribution in [1.29, 1.82) is 0 Å². The predicted molar refractivity (Wildman–Crippen MR) is 68.8 cm³/mol. The lowest BCUT2D eigenvalue weighted by atomic mass is 10.0. The number of aromatic nitrogens is 2. The Labute approximate surface area is 109 Å². The summed E-state index contributed by atoms with van der Waals surface area (Å²) in [7, 11) is 1.82. The number of hydrazine groups is 1. The van der Waals surface area contributed by atoms with Gasteiger partial charge in [-0.25, -0.2) is 5.43 Å². The highest BCUT2D eigenvalue weighted by Crippen LogP contribution is 2.27. The maximum atomic E-state index is 6.09. The van der Waals surface area contributed by atoms with Crippen molar-refractivity contribution in [2.24, 2.45) is 12.9 Å². The topological polar surface area (TPSA) is 55.9 Å². The molecule has 0 saturated heterocycles. The highest BCUT2D eigenvalue weighted by Gasteiger charge is 2.19. The molecule has 0 fully saturated rings. The van der Waals surface area contributed by atoms with Crippen molar-refractivity contribution in [3.63, 3.8) is 0 Å². The number of hydrogen-bond acceptors (Lipinski definition) is 3. The predicted octanol–water partition coefficient (Wildman–Crippen LogP) is 2.28. The van der Waals surface area contributed by atoms with E-state index < -0.39 is 0 Å². The first-order chi connectivity index (χ1) is 8.13. The average Bonchev–Trinajstić information content (AvgIpc) is 2.64. The second kappa shape index (κ2) is 5.06. The molecular formula is C11H12Cl2N4. The van der Waals surface area contributed by atoms with Crippen molar-refractivity contribution in [2.45, 2.75) is 6.04 Å². The lowest BCUT2D eigenvalue weighted by Crippen LogP contribution is -2.30. The molecule has 6 heteroatoms. The van der Waals surface area contributed by atoms with Gasteiger partial charge in [0.25, 0.3) is 0 Å². The molecule has 4 nitrogen and oxygen atoms in total. The molecule has 3 N–H and O–H groups in total. The minimum absolute atomic E-state index is 0.215. The highest BCUT2D eigenvalue weighted by atomic mass is 35.5. The number of halogens is 2. The fourth-order valence-electron chi connectivity index (χ4n) is 1.73. The molecule has 1 aromatic heterocycles. The Bertz CT molecular complexity index is 487. The zero-order valence-corrected chi connectivity index (χ0v) is 10.7. The quantitative estimate of drug-likeness (QED) is 0.665. The maximum Gasteiger partial charge on any atom is 0.0893 e. The van der Waals surface area contributed by atoms with Gasteiger partial charge in [-0.05, 0) is 17.7 Å². The minimum atomic E-state index is -0.215. The van der Waals surface area contributed by atoms with Crippen molar-refractivity contribution >= 4 is 23.2 Å². The zero-order valence-electron chi connectivity index (χ0n) is 9.19. The molecule has 17 heavy (non-hydrogen) atoms. The van der Waals surface area contributed by atoms with Gasteiger partial charge >= 0.3 is 0 Å². The largest absolute Gasteiger partial charge is 0.271 e. The van der Waals surface area contributed by atoms with Crippen LogP contribution in [0.5, 0.6) is 0 Å². The Morgan fingerprint density at radius 1 is 1.29 bits per heavy atom. The molecule has 90 valence electrons. The SMILES string of the molecule is Cn1ncc(Cl)c1C(NN)c1ccc(Cl)cc1. The van der Waals surface area contributed by atoms with E-state index in [2.05, 4.69) is 10.5 Å². The molecule has 2 rings (SSSR count). The summed E-state index contributed by atoms with van der Waals surface area (Å²) in [5, 5.41) is 5.35. The van der Waals surface area contributed by atoms with Gasteiger partial charge in [-0.3, -0.25) is 10.5 Å². The van der Waals surface area contributed by atoms with Crippen LogP contribution in [0.4, 0.5) is 0 Å². The lowest BCUT2D eigenvalue weighted by Gasteiger charge is -2.17. The van der Waals surface area contributed by atoms with Gasteiger partial charge in [0.15, 0.2) is 0 Å². The van der Waals surface area contributed by atoms with Crippen LogP contribution < -0.4 is 11.3 Å². The smallest absolute Gasteiger partial charge is 0.0893 e. The standard InChI is InChI=1S/C11H12Cl2N4/c1-17-11(9(13)6-15-17)10(16-14)7-2-4-8(12)5-3-7/h2-6,10,16H,14H2,1H3. The second-order valence-corrected chi connectivity index (χ2v) is 4.50. The van der Waals surface area contributed by atoms with E-state index in [1.807, 2.05) is 31.3 Å². The Hall–Kier alpha value is -1.07. The second-order valence-electron chi connectivity index (χ2n) is 3.65. The van der Waals surface area contributed by atoms with Crippen LogP contribution in [0.15, 0.2) is 30.5 Å². The van der Waals surface area contributed by atoms with Gasteiger partial charge in [0, 0.05) is 12.1 Å². The van der Waals surface area contributed by atoms with Crippen LogP contribution in [0.3, 0.4) is 0 Å². The monoisotopic (exact) mass is 270 g/mol. The van der Waals surface area contributed by atoms with Crippen LogP contribution in [-0.2, 0) is 7.05 Å². The summed E-state index contributed by atoms with van der Waals surface area (Å²) >= 11 is 11.9. The van der Waals surface area contributed by atoms with Crippen LogP contribution in [0.1, 0.15) is 17.3 Å². The van der Waals surface area contributed by atoms with Crippen LogP contribution in [0.2, 0.25) is 10.0 Å². The van der Waals surface area contributed by atoms with Crippen LogP contribution in [-0.4, -0.2) is 9.78 Å². The van der Waals surface area contributed by atoms with Gasteiger partial charge in [0.05, 0.1) is 23.0 Å². The first kappa shape index (κ1) is 12.4. The van der Waals surface area contributed by atoms with Gasteiger partial charge < -0.3 is 0 Å². The fourth-order valence-corrected chi connectivity index (χ4v) is 2.13. The summed E-state index contributed by atoms with van der Waals surface area (Å²) < 4.78 is 1.70. The average molecular weight is 271 g/mol. The van der Waals surface area contributed by atoms with Crippen LogP contribution >= 0.6 is 23.2 Å². The van der Waals surface area contributed by atoms with Crippen molar-refractivity contribution in [2.75, 3.05) is 0 Å². The molecule has 0 aliphatic heterocycles. The summed E-state index contributed by atoms with van der Waals surface area (Å²) in [6.07, 6.45) is 1.59. The molecule has 0 saturated carbocycles. The third-order valence-corrected chi connectivity index (χ3v) is 3.12. The van der Waals surface area contributed by atoms with Gasteiger partial charge in [0.2, 0.25) is 0 Å². The fraction of sp³-hybridized carbons (Fsp3) is 0.182. The maximum absolute atomic E-state index is 6.09. The first-order valence-corrected chi connectivity index (χ1v) is 5.78. The summed E-state index contributed by atoms with van der Waals surface area (Å²) in [5.41, 5.74) is 4.52. The molecule has 2 aromatic rings. The number of hydrogen-bond donors (Lipinski definition) is 2. The highest BCUT2D eigenvalue weighted by molar-refractivity contribution is 6.31. The van der Waals surface area contributed by atoms with E-state index in [0.29, 0.717) is 10.0 Å². The first-order valence-electron chi connectivity index (χ1n) is 5.02. The molecule has 1 heterocycles. The molecule has 0 aliphatic carbocycles. The van der Waals surface area contributed by atoms with Crippen molar-refractivity contribution < 1.29 is 0 Å². The number of nitrogens with zero attached hydrogens (tertiary/aromatic N) is 2. The normalized spacial score (nSPS) is 12.7. The van der Waals surface area contributed by atoms with Gasteiger partial charge in [-0.1, -0.05) is 35.3 Å². The third kappa shape index (κ3) is 2.45. The number of nitrogens with two attached hydrogens (primary N) is 1. The number of benzene rings is 1. The molecule has 0 amide bonds. The Kier molecular flexibility index (Phi) is 3.69. The molecular weight excluding hydrogens is 259 g/mol. The van der Waals surface area contributed by atoms with Crippen molar-refractivity contribution in [1.82, 2.24) is 15.2 Å². The van der Waals surface area contributed by atoms with E-state index in [0.717, 1.165) is 11.3 Å². The van der Waals surface area contributed by atoms with E-state index >= 15 is 0 Å². The molecule has 0 spiro atoms. The number of nitrogens with one attached hydrogen (secondary N) is 1. The molecule has 1 unspecified atom stereocenters. The van der Waals surface area contributed by atoms with Crippen molar-refractivity contribution in [3.8, 4) is 0 Å². The molecule has 1 aromatic carbocycles. The summed E-state index contributed by atoms with van der Waals surface area (Å²) in [6, 6.07) is 7.20. The number of aryl methyl sites for hydroxylation is 1. The van der Waals surface area contributed by atoms with Crippen molar-refractivity contribution in [3.05, 3.63) is 51.8 Å². The summed E-state index contributed by atoms with van der Waals surface area (Å²) in [6.45, 7) is 0. The van der Waals surface area contributed by atoms with E-state index in [1.54, 1.807) is 10.9 Å². The Morgan fingerprint density at radius 2 is 1.94 bits per heavy atom. The van der Waals surface area contributed by atoms with Gasteiger partial charge in [-0.2, -0.15) is 5.10 Å². The molecule has 1 atom stereocenters. The number of rotatable bonds is 3. The summed E-state index contributed by atoms with van der Waals surface area (Å²) in [4.78, 5) is 0. The lowest BCUT2D eigenvalue weighted by molar-refractivity contribution is 0.575.